The number of halogens is 3. The Hall–Kier alpha value is -1.32. The monoisotopic (exact) mass is 324 g/mol. The molecular weight excluding hydrogens is 309 g/mol. The fourth-order valence-electron chi connectivity index (χ4n) is 2.13. The predicted octanol–water partition coefficient (Wildman–Crippen LogP) is 1.81. The topological polar surface area (TPSA) is 49.9 Å². The minimum atomic E-state index is -3.66. The van der Waals surface area contributed by atoms with E-state index in [0.717, 1.165) is 22.5 Å². The minimum absolute atomic E-state index is 0.0641. The van der Waals surface area contributed by atoms with E-state index in [9.17, 15) is 21.6 Å². The van der Waals surface area contributed by atoms with Crippen LogP contribution in [-0.4, -0.2) is 43.8 Å². The SMILES string of the molecule is CN1CCCN(Cc2cc(F)ccc2OC(F)F)S1(=O)=O. The van der Waals surface area contributed by atoms with Gasteiger partial charge in [-0.1, -0.05) is 0 Å². The van der Waals surface area contributed by atoms with Gasteiger partial charge in [0.05, 0.1) is 0 Å². The van der Waals surface area contributed by atoms with Crippen LogP contribution in [0.1, 0.15) is 12.0 Å². The fourth-order valence-corrected chi connectivity index (χ4v) is 3.55. The molecule has 0 amide bonds. The zero-order chi connectivity index (χ0) is 15.6. The Bertz CT molecular complexity index is 610. The van der Waals surface area contributed by atoms with Crippen molar-refractivity contribution < 1.29 is 26.3 Å². The van der Waals surface area contributed by atoms with Crippen LogP contribution in [-0.2, 0) is 16.8 Å². The van der Waals surface area contributed by atoms with Crippen LogP contribution in [0.2, 0.25) is 0 Å². The van der Waals surface area contributed by atoms with E-state index < -0.39 is 22.6 Å². The number of benzene rings is 1. The lowest BCUT2D eigenvalue weighted by molar-refractivity contribution is -0.0506. The number of rotatable bonds is 4. The van der Waals surface area contributed by atoms with E-state index in [2.05, 4.69) is 4.74 Å². The first kappa shape index (κ1) is 16.1. The molecule has 1 fully saturated rings. The summed E-state index contributed by atoms with van der Waals surface area (Å²) in [6.45, 7) is -2.64. The molecule has 1 aromatic rings. The van der Waals surface area contributed by atoms with Gasteiger partial charge in [0, 0.05) is 32.2 Å². The molecule has 21 heavy (non-hydrogen) atoms. The van der Waals surface area contributed by atoms with Crippen molar-refractivity contribution in [3.8, 4) is 5.75 Å². The van der Waals surface area contributed by atoms with Gasteiger partial charge in [-0.15, -0.1) is 0 Å². The van der Waals surface area contributed by atoms with Crippen LogP contribution >= 0.6 is 0 Å². The van der Waals surface area contributed by atoms with Crippen molar-refractivity contribution >= 4 is 10.2 Å². The van der Waals surface area contributed by atoms with Gasteiger partial charge in [0.2, 0.25) is 0 Å². The third-order valence-corrected chi connectivity index (χ3v) is 5.12. The van der Waals surface area contributed by atoms with Crippen molar-refractivity contribution in [3.63, 3.8) is 0 Å². The minimum Gasteiger partial charge on any atom is -0.434 e. The maximum absolute atomic E-state index is 13.3. The van der Waals surface area contributed by atoms with Crippen molar-refractivity contribution in [2.75, 3.05) is 20.1 Å². The molecule has 5 nitrogen and oxygen atoms in total. The summed E-state index contributed by atoms with van der Waals surface area (Å²) >= 11 is 0. The lowest BCUT2D eigenvalue weighted by atomic mass is 10.2. The molecule has 0 saturated carbocycles. The molecule has 0 bridgehead atoms. The Labute approximate surface area is 121 Å². The second-order valence-electron chi connectivity index (χ2n) is 4.65. The molecule has 1 aliphatic rings. The molecule has 1 saturated heterocycles. The van der Waals surface area contributed by atoms with Gasteiger partial charge >= 0.3 is 6.61 Å². The smallest absolute Gasteiger partial charge is 0.387 e. The Morgan fingerprint density at radius 2 is 2.05 bits per heavy atom. The Morgan fingerprint density at radius 3 is 2.71 bits per heavy atom. The Balaban J connectivity index is 2.28. The van der Waals surface area contributed by atoms with E-state index >= 15 is 0 Å². The highest BCUT2D eigenvalue weighted by Gasteiger charge is 2.31. The Morgan fingerprint density at radius 1 is 1.33 bits per heavy atom. The average molecular weight is 324 g/mol. The molecule has 0 aliphatic carbocycles. The standard InChI is InChI=1S/C12H15F3N2O3S/c1-16-5-2-6-17(21(16,18)19)8-9-7-10(13)3-4-11(9)20-12(14)15/h3-4,7,12H,2,5-6,8H2,1H3. The van der Waals surface area contributed by atoms with Gasteiger partial charge in [0.1, 0.15) is 11.6 Å². The average Bonchev–Trinajstić information content (AvgIpc) is 2.38. The number of nitrogens with zero attached hydrogens (tertiary/aromatic N) is 2. The molecule has 0 spiro atoms. The van der Waals surface area contributed by atoms with Crippen molar-refractivity contribution in [2.24, 2.45) is 0 Å². The van der Waals surface area contributed by atoms with Gasteiger partial charge in [-0.25, -0.2) is 4.39 Å². The molecule has 1 heterocycles. The maximum atomic E-state index is 13.3. The predicted molar refractivity (Wildman–Crippen MR) is 69.6 cm³/mol. The molecule has 1 aliphatic heterocycles. The molecule has 118 valence electrons. The highest BCUT2D eigenvalue weighted by Crippen LogP contribution is 2.26. The van der Waals surface area contributed by atoms with Crippen LogP contribution < -0.4 is 4.74 Å². The lowest BCUT2D eigenvalue weighted by Gasteiger charge is -2.32. The van der Waals surface area contributed by atoms with Crippen LogP contribution in [0.4, 0.5) is 13.2 Å². The third-order valence-electron chi connectivity index (χ3n) is 3.19. The molecular formula is C12H15F3N2O3S. The van der Waals surface area contributed by atoms with E-state index in [0.29, 0.717) is 13.0 Å². The highest BCUT2D eigenvalue weighted by molar-refractivity contribution is 7.86. The fraction of sp³-hybridized carbons (Fsp3) is 0.500. The molecule has 1 aromatic carbocycles. The van der Waals surface area contributed by atoms with Crippen molar-refractivity contribution in [3.05, 3.63) is 29.6 Å². The summed E-state index contributed by atoms with van der Waals surface area (Å²) in [6.07, 6.45) is 0.607. The molecule has 0 unspecified atom stereocenters. The quantitative estimate of drug-likeness (QED) is 0.849. The van der Waals surface area contributed by atoms with Crippen molar-refractivity contribution in [1.29, 1.82) is 0 Å². The first-order valence-corrected chi connectivity index (χ1v) is 7.65. The van der Waals surface area contributed by atoms with Crippen LogP contribution in [0.15, 0.2) is 18.2 Å². The normalized spacial score (nSPS) is 19.9. The molecule has 0 atom stereocenters. The van der Waals surface area contributed by atoms with E-state index in [1.807, 2.05) is 0 Å². The highest BCUT2D eigenvalue weighted by atomic mass is 32.2. The summed E-state index contributed by atoms with van der Waals surface area (Å²) in [4.78, 5) is 0. The summed E-state index contributed by atoms with van der Waals surface area (Å²) in [5.41, 5.74) is 0.0641. The van der Waals surface area contributed by atoms with Crippen LogP contribution in [0, 0.1) is 5.82 Å². The van der Waals surface area contributed by atoms with Crippen molar-refractivity contribution in [1.82, 2.24) is 8.61 Å². The number of alkyl halides is 2. The van der Waals surface area contributed by atoms with Gasteiger partial charge in [-0.3, -0.25) is 0 Å². The second kappa shape index (κ2) is 6.20. The first-order chi connectivity index (χ1) is 9.80. The molecule has 0 aromatic heterocycles. The summed E-state index contributed by atoms with van der Waals surface area (Å²) in [5, 5.41) is 0. The number of hydrogen-bond donors (Lipinski definition) is 0. The second-order valence-corrected chi connectivity index (χ2v) is 6.68. The summed E-state index contributed by atoms with van der Waals surface area (Å²) in [5.74, 6) is -0.871. The van der Waals surface area contributed by atoms with Crippen LogP contribution in [0.25, 0.3) is 0 Å². The maximum Gasteiger partial charge on any atom is 0.387 e. The van der Waals surface area contributed by atoms with Gasteiger partial charge in [-0.2, -0.15) is 25.8 Å². The third kappa shape index (κ3) is 3.66. The summed E-state index contributed by atoms with van der Waals surface area (Å²) in [6, 6.07) is 3.05. The zero-order valence-corrected chi connectivity index (χ0v) is 12.1. The first-order valence-electron chi connectivity index (χ1n) is 6.25. The van der Waals surface area contributed by atoms with E-state index in [1.54, 1.807) is 0 Å². The molecule has 0 radical (unpaired) electrons. The van der Waals surface area contributed by atoms with Crippen LogP contribution in [0.3, 0.4) is 0 Å². The van der Waals surface area contributed by atoms with Gasteiger partial charge in [0.15, 0.2) is 0 Å². The number of hydrogen-bond acceptors (Lipinski definition) is 3. The lowest BCUT2D eigenvalue weighted by Crippen LogP contribution is -2.47. The van der Waals surface area contributed by atoms with Gasteiger partial charge in [0.25, 0.3) is 10.2 Å². The Kier molecular flexibility index (Phi) is 4.74. The number of ether oxygens (including phenoxy) is 1. The van der Waals surface area contributed by atoms with E-state index in [-0.39, 0.29) is 24.4 Å². The van der Waals surface area contributed by atoms with E-state index in [1.165, 1.54) is 11.4 Å². The molecule has 0 N–H and O–H groups in total. The van der Waals surface area contributed by atoms with Crippen LogP contribution in [0.5, 0.6) is 5.75 Å². The molecule has 9 heteroatoms. The van der Waals surface area contributed by atoms with Crippen molar-refractivity contribution in [2.45, 2.75) is 19.6 Å². The molecule has 2 rings (SSSR count). The zero-order valence-electron chi connectivity index (χ0n) is 11.3. The summed E-state index contributed by atoms with van der Waals surface area (Å²) in [7, 11) is -2.22. The van der Waals surface area contributed by atoms with Gasteiger partial charge < -0.3 is 4.74 Å². The summed E-state index contributed by atoms with van der Waals surface area (Å²) < 4.78 is 68.8. The van der Waals surface area contributed by atoms with E-state index in [4.69, 9.17) is 0 Å². The van der Waals surface area contributed by atoms with Gasteiger partial charge in [-0.05, 0) is 24.6 Å². The largest absolute Gasteiger partial charge is 0.434 e.